The molecule has 1 aliphatic carbocycles. The molecule has 0 bridgehead atoms. The second-order valence-electron chi connectivity index (χ2n) is 3.16. The standard InChI is InChI=1S/C9H13NO4/c11-6-5-10(7-1-2-7)8(12)3-4-9(13)14/h3-4,7,11H,1-2,5-6H2,(H,13,14)/b4-3+. The monoisotopic (exact) mass is 199 g/mol. The second-order valence-corrected chi connectivity index (χ2v) is 3.16. The first-order chi connectivity index (χ1) is 6.65. The van der Waals surface area contributed by atoms with Gasteiger partial charge in [0, 0.05) is 24.7 Å². The molecule has 5 nitrogen and oxygen atoms in total. The zero-order valence-corrected chi connectivity index (χ0v) is 7.72. The quantitative estimate of drug-likeness (QED) is 0.591. The van der Waals surface area contributed by atoms with Crippen molar-refractivity contribution >= 4 is 11.9 Å². The van der Waals surface area contributed by atoms with Gasteiger partial charge in [0.2, 0.25) is 5.91 Å². The highest BCUT2D eigenvalue weighted by molar-refractivity contribution is 5.94. The predicted molar refractivity (Wildman–Crippen MR) is 48.6 cm³/mol. The molecule has 0 spiro atoms. The van der Waals surface area contributed by atoms with E-state index < -0.39 is 5.97 Å². The van der Waals surface area contributed by atoms with Gasteiger partial charge < -0.3 is 15.1 Å². The SMILES string of the molecule is O=C(O)/C=C/C(=O)N(CCO)C1CC1. The molecule has 0 heterocycles. The summed E-state index contributed by atoms with van der Waals surface area (Å²) in [5.74, 6) is -1.48. The number of rotatable bonds is 5. The third kappa shape index (κ3) is 3.18. The lowest BCUT2D eigenvalue weighted by molar-refractivity contribution is -0.132. The summed E-state index contributed by atoms with van der Waals surface area (Å²) in [7, 11) is 0. The maximum absolute atomic E-state index is 11.4. The maximum Gasteiger partial charge on any atom is 0.328 e. The van der Waals surface area contributed by atoms with Crippen LogP contribution in [-0.4, -0.2) is 46.2 Å². The van der Waals surface area contributed by atoms with Crippen molar-refractivity contribution in [3.05, 3.63) is 12.2 Å². The smallest absolute Gasteiger partial charge is 0.328 e. The van der Waals surface area contributed by atoms with Gasteiger partial charge in [-0.25, -0.2) is 4.79 Å². The molecule has 0 aliphatic heterocycles. The van der Waals surface area contributed by atoms with Gasteiger partial charge in [0.1, 0.15) is 0 Å². The first-order valence-corrected chi connectivity index (χ1v) is 4.47. The van der Waals surface area contributed by atoms with Crippen LogP contribution in [0.25, 0.3) is 0 Å². The predicted octanol–water partition coefficient (Wildman–Crippen LogP) is -0.390. The number of carboxylic acid groups (broad SMARTS) is 1. The Morgan fingerprint density at radius 3 is 2.43 bits per heavy atom. The molecule has 0 atom stereocenters. The van der Waals surface area contributed by atoms with Crippen LogP contribution in [0.1, 0.15) is 12.8 Å². The van der Waals surface area contributed by atoms with Gasteiger partial charge in [0.05, 0.1) is 6.61 Å². The van der Waals surface area contributed by atoms with E-state index in [-0.39, 0.29) is 25.1 Å². The minimum Gasteiger partial charge on any atom is -0.478 e. The number of carbonyl (C=O) groups is 2. The molecule has 1 fully saturated rings. The van der Waals surface area contributed by atoms with E-state index in [1.54, 1.807) is 0 Å². The van der Waals surface area contributed by atoms with Crippen LogP contribution in [0.5, 0.6) is 0 Å². The fourth-order valence-corrected chi connectivity index (χ4v) is 1.20. The average Bonchev–Trinajstić information content (AvgIpc) is 2.93. The van der Waals surface area contributed by atoms with E-state index >= 15 is 0 Å². The van der Waals surface area contributed by atoms with Crippen molar-refractivity contribution in [3.8, 4) is 0 Å². The molecule has 0 unspecified atom stereocenters. The van der Waals surface area contributed by atoms with Crippen molar-refractivity contribution in [2.24, 2.45) is 0 Å². The zero-order chi connectivity index (χ0) is 10.6. The first kappa shape index (κ1) is 10.7. The van der Waals surface area contributed by atoms with E-state index in [0.717, 1.165) is 25.0 Å². The largest absolute Gasteiger partial charge is 0.478 e. The summed E-state index contributed by atoms with van der Waals surface area (Å²) >= 11 is 0. The zero-order valence-electron chi connectivity index (χ0n) is 7.72. The molecule has 1 saturated carbocycles. The van der Waals surface area contributed by atoms with Crippen molar-refractivity contribution in [2.45, 2.75) is 18.9 Å². The minimum atomic E-state index is -1.14. The van der Waals surface area contributed by atoms with E-state index in [9.17, 15) is 9.59 Å². The Kier molecular flexibility index (Phi) is 3.64. The van der Waals surface area contributed by atoms with E-state index in [1.807, 2.05) is 0 Å². The Morgan fingerprint density at radius 2 is 2.00 bits per heavy atom. The molecular weight excluding hydrogens is 186 g/mol. The van der Waals surface area contributed by atoms with Crippen molar-refractivity contribution in [2.75, 3.05) is 13.2 Å². The van der Waals surface area contributed by atoms with Crippen molar-refractivity contribution in [1.82, 2.24) is 4.90 Å². The summed E-state index contributed by atoms with van der Waals surface area (Å²) in [6.45, 7) is 0.177. The van der Waals surface area contributed by atoms with Gasteiger partial charge in [-0.2, -0.15) is 0 Å². The second kappa shape index (κ2) is 4.76. The molecule has 14 heavy (non-hydrogen) atoms. The molecule has 1 rings (SSSR count). The lowest BCUT2D eigenvalue weighted by Gasteiger charge is -2.18. The van der Waals surface area contributed by atoms with Crippen LogP contribution in [0.2, 0.25) is 0 Å². The third-order valence-electron chi connectivity index (χ3n) is 1.98. The molecule has 1 aliphatic rings. The molecular formula is C9H13NO4. The maximum atomic E-state index is 11.4. The average molecular weight is 199 g/mol. The third-order valence-corrected chi connectivity index (χ3v) is 1.98. The van der Waals surface area contributed by atoms with Crippen LogP contribution in [0, 0.1) is 0 Å². The summed E-state index contributed by atoms with van der Waals surface area (Å²) in [5, 5.41) is 17.0. The van der Waals surface area contributed by atoms with E-state index in [1.165, 1.54) is 4.90 Å². The van der Waals surface area contributed by atoms with Crippen LogP contribution < -0.4 is 0 Å². The molecule has 2 N–H and O–H groups in total. The van der Waals surface area contributed by atoms with E-state index in [2.05, 4.69) is 0 Å². The van der Waals surface area contributed by atoms with Crippen LogP contribution in [-0.2, 0) is 9.59 Å². The van der Waals surface area contributed by atoms with Gasteiger partial charge in [-0.05, 0) is 12.8 Å². The lowest BCUT2D eigenvalue weighted by atomic mass is 10.4. The molecule has 0 aromatic carbocycles. The summed E-state index contributed by atoms with van der Waals surface area (Å²) in [6, 6.07) is 0.188. The van der Waals surface area contributed by atoms with Crippen molar-refractivity contribution < 1.29 is 19.8 Å². The van der Waals surface area contributed by atoms with E-state index in [0.29, 0.717) is 0 Å². The Balaban J connectivity index is 2.50. The van der Waals surface area contributed by atoms with Crippen LogP contribution in [0.15, 0.2) is 12.2 Å². The number of hydrogen-bond acceptors (Lipinski definition) is 3. The normalized spacial score (nSPS) is 15.8. The molecule has 1 amide bonds. The summed E-state index contributed by atoms with van der Waals surface area (Å²) in [6.07, 6.45) is 3.71. The van der Waals surface area contributed by atoms with Crippen molar-refractivity contribution in [1.29, 1.82) is 0 Å². The lowest BCUT2D eigenvalue weighted by Crippen LogP contribution is -2.34. The summed E-state index contributed by atoms with van der Waals surface area (Å²) < 4.78 is 0. The van der Waals surface area contributed by atoms with Gasteiger partial charge >= 0.3 is 5.97 Å². The molecule has 5 heteroatoms. The number of aliphatic carboxylic acids is 1. The van der Waals surface area contributed by atoms with Crippen LogP contribution in [0.3, 0.4) is 0 Å². The van der Waals surface area contributed by atoms with Crippen LogP contribution in [0.4, 0.5) is 0 Å². The minimum absolute atomic E-state index is 0.0941. The molecule has 0 aromatic heterocycles. The highest BCUT2D eigenvalue weighted by Gasteiger charge is 2.30. The molecule has 0 aromatic rings. The number of carbonyl (C=O) groups excluding carboxylic acids is 1. The Morgan fingerprint density at radius 1 is 1.36 bits per heavy atom. The molecule has 0 saturated heterocycles. The van der Waals surface area contributed by atoms with Gasteiger partial charge in [-0.1, -0.05) is 0 Å². The summed E-state index contributed by atoms with van der Waals surface area (Å²) in [4.78, 5) is 23.0. The van der Waals surface area contributed by atoms with Crippen LogP contribution >= 0.6 is 0 Å². The number of amides is 1. The fourth-order valence-electron chi connectivity index (χ4n) is 1.20. The Bertz CT molecular complexity index is 258. The molecule has 78 valence electrons. The number of aliphatic hydroxyl groups excluding tert-OH is 1. The van der Waals surface area contributed by atoms with Gasteiger partial charge in [-0.3, -0.25) is 4.79 Å². The highest BCUT2D eigenvalue weighted by atomic mass is 16.4. The Labute approximate surface area is 81.6 Å². The Hall–Kier alpha value is -1.36. The van der Waals surface area contributed by atoms with Gasteiger partial charge in [0.25, 0.3) is 0 Å². The van der Waals surface area contributed by atoms with E-state index in [4.69, 9.17) is 10.2 Å². The van der Waals surface area contributed by atoms with Gasteiger partial charge in [-0.15, -0.1) is 0 Å². The number of carboxylic acids is 1. The highest BCUT2D eigenvalue weighted by Crippen LogP contribution is 2.26. The summed E-state index contributed by atoms with van der Waals surface area (Å²) in [5.41, 5.74) is 0. The van der Waals surface area contributed by atoms with Crippen molar-refractivity contribution in [3.63, 3.8) is 0 Å². The first-order valence-electron chi connectivity index (χ1n) is 4.47. The fraction of sp³-hybridized carbons (Fsp3) is 0.556. The number of aliphatic hydroxyl groups is 1. The topological polar surface area (TPSA) is 77.8 Å². The number of hydrogen-bond donors (Lipinski definition) is 2. The molecule has 0 radical (unpaired) electrons. The van der Waals surface area contributed by atoms with Gasteiger partial charge in [0.15, 0.2) is 0 Å². The number of nitrogens with zero attached hydrogens (tertiary/aromatic N) is 1.